The van der Waals surface area contributed by atoms with Crippen LogP contribution in [0.2, 0.25) is 24.7 Å². The van der Waals surface area contributed by atoms with Crippen molar-refractivity contribution in [1.29, 1.82) is 5.26 Å². The van der Waals surface area contributed by atoms with Gasteiger partial charge in [-0.3, -0.25) is 4.79 Å². The van der Waals surface area contributed by atoms with Crippen LogP contribution in [0.25, 0.3) is 0 Å². The van der Waals surface area contributed by atoms with Gasteiger partial charge in [0.25, 0.3) is 0 Å². The molecule has 6 heteroatoms. The molecule has 4 nitrogen and oxygen atoms in total. The Labute approximate surface area is 144 Å². The highest BCUT2D eigenvalue weighted by atomic mass is 35.5. The van der Waals surface area contributed by atoms with Crippen LogP contribution in [0.3, 0.4) is 0 Å². The largest absolute Gasteiger partial charge is 0.469 e. The highest BCUT2D eigenvalue weighted by Gasteiger charge is 2.51. The summed E-state index contributed by atoms with van der Waals surface area (Å²) < 4.78 is 11.1. The van der Waals surface area contributed by atoms with E-state index in [9.17, 15) is 10.1 Å². The molecule has 1 unspecified atom stereocenters. The van der Waals surface area contributed by atoms with E-state index < -0.39 is 19.3 Å². The zero-order chi connectivity index (χ0) is 17.9. The van der Waals surface area contributed by atoms with Crippen molar-refractivity contribution >= 4 is 25.9 Å². The van der Waals surface area contributed by atoms with E-state index in [1.807, 2.05) is 33.5 Å². The van der Waals surface area contributed by atoms with Crippen molar-refractivity contribution in [3.05, 3.63) is 34.9 Å². The molecule has 0 heterocycles. The van der Waals surface area contributed by atoms with Crippen LogP contribution in [0, 0.1) is 16.7 Å². The number of halogens is 1. The minimum absolute atomic E-state index is 0.0736. The van der Waals surface area contributed by atoms with Gasteiger partial charge in [-0.15, -0.1) is 0 Å². The van der Waals surface area contributed by atoms with Crippen LogP contribution in [0.5, 0.6) is 0 Å². The summed E-state index contributed by atoms with van der Waals surface area (Å²) in [6.07, 6.45) is 0.0736. The molecule has 126 valence electrons. The first-order valence-electron chi connectivity index (χ1n) is 7.42. The van der Waals surface area contributed by atoms with Gasteiger partial charge < -0.3 is 9.16 Å². The highest BCUT2D eigenvalue weighted by Crippen LogP contribution is 2.47. The summed E-state index contributed by atoms with van der Waals surface area (Å²) in [7, 11) is -0.747. The molecule has 0 aliphatic heterocycles. The molecule has 0 spiro atoms. The van der Waals surface area contributed by atoms with Crippen molar-refractivity contribution in [3.63, 3.8) is 0 Å². The average molecular weight is 354 g/mol. The van der Waals surface area contributed by atoms with Crippen LogP contribution in [-0.4, -0.2) is 21.4 Å². The van der Waals surface area contributed by atoms with E-state index in [1.165, 1.54) is 7.11 Å². The molecule has 0 fully saturated rings. The number of carbonyl (C=O) groups excluding carboxylic acids is 1. The fourth-order valence-corrected chi connectivity index (χ4v) is 4.01. The molecule has 23 heavy (non-hydrogen) atoms. The van der Waals surface area contributed by atoms with Gasteiger partial charge in [0.1, 0.15) is 6.07 Å². The van der Waals surface area contributed by atoms with Crippen LogP contribution in [0.1, 0.15) is 25.8 Å². The summed E-state index contributed by atoms with van der Waals surface area (Å²) in [6, 6.07) is 9.36. The Bertz CT molecular complexity index is 602. The second-order valence-corrected chi connectivity index (χ2v) is 12.0. The van der Waals surface area contributed by atoms with Crippen LogP contribution in [0.15, 0.2) is 24.3 Å². The van der Waals surface area contributed by atoms with Crippen molar-refractivity contribution < 1.29 is 14.0 Å². The van der Waals surface area contributed by atoms with Gasteiger partial charge in [0.15, 0.2) is 13.9 Å². The topological polar surface area (TPSA) is 59.3 Å². The third-order valence-corrected chi connectivity index (χ3v) is 4.81. The van der Waals surface area contributed by atoms with Gasteiger partial charge in [-0.25, -0.2) is 0 Å². The maximum atomic E-state index is 11.8. The predicted octanol–water partition coefficient (Wildman–Crippen LogP) is 4.50. The molecule has 1 aromatic carbocycles. The van der Waals surface area contributed by atoms with Crippen molar-refractivity contribution in [2.24, 2.45) is 5.41 Å². The lowest BCUT2D eigenvalue weighted by Crippen LogP contribution is -2.50. The van der Waals surface area contributed by atoms with Gasteiger partial charge in [-0.2, -0.15) is 5.26 Å². The van der Waals surface area contributed by atoms with E-state index in [1.54, 1.807) is 24.3 Å². The molecule has 0 radical (unpaired) electrons. The van der Waals surface area contributed by atoms with E-state index in [2.05, 4.69) is 6.07 Å². The molecule has 1 rings (SSSR count). The van der Waals surface area contributed by atoms with Gasteiger partial charge in [0.2, 0.25) is 0 Å². The smallest absolute Gasteiger partial charge is 0.306 e. The van der Waals surface area contributed by atoms with Gasteiger partial charge in [-0.1, -0.05) is 37.6 Å². The first-order valence-corrected chi connectivity index (χ1v) is 11.2. The lowest BCUT2D eigenvalue weighted by Gasteiger charge is -2.44. The van der Waals surface area contributed by atoms with Crippen LogP contribution in [0.4, 0.5) is 0 Å². The predicted molar refractivity (Wildman–Crippen MR) is 93.6 cm³/mol. The number of carbonyl (C=O) groups is 1. The van der Waals surface area contributed by atoms with Gasteiger partial charge in [0.05, 0.1) is 13.5 Å². The zero-order valence-electron chi connectivity index (χ0n) is 14.6. The first-order chi connectivity index (χ1) is 10.5. The fraction of sp³-hybridized carbons (Fsp3) is 0.529. The molecule has 0 N–H and O–H groups in total. The second kappa shape index (κ2) is 7.04. The van der Waals surface area contributed by atoms with Crippen LogP contribution >= 0.6 is 11.6 Å². The maximum absolute atomic E-state index is 11.8. The summed E-state index contributed by atoms with van der Waals surface area (Å²) >= 11 is 5.97. The number of rotatable bonds is 6. The summed E-state index contributed by atoms with van der Waals surface area (Å²) in [5, 5.41) is 10.6. The molecule has 0 aromatic heterocycles. The van der Waals surface area contributed by atoms with E-state index >= 15 is 0 Å². The summed E-state index contributed by atoms with van der Waals surface area (Å²) in [4.78, 5) is 11.8. The van der Waals surface area contributed by atoms with Gasteiger partial charge >= 0.3 is 5.97 Å². The highest BCUT2D eigenvalue weighted by molar-refractivity contribution is 6.69. The lowest BCUT2D eigenvalue weighted by molar-refractivity contribution is -0.146. The number of benzene rings is 1. The van der Waals surface area contributed by atoms with E-state index in [-0.39, 0.29) is 12.4 Å². The average Bonchev–Trinajstić information content (AvgIpc) is 2.43. The molecule has 0 saturated carbocycles. The summed E-state index contributed by atoms with van der Waals surface area (Å²) in [5.41, 5.74) is -1.33. The minimum atomic E-state index is -2.09. The fourth-order valence-electron chi connectivity index (χ4n) is 2.53. The third kappa shape index (κ3) is 4.57. The monoisotopic (exact) mass is 353 g/mol. The molecule has 0 aliphatic rings. The number of methoxy groups -OCH3 is 1. The molecule has 1 aromatic rings. The van der Waals surface area contributed by atoms with Gasteiger partial charge in [-0.05, 0) is 37.3 Å². The standard InChI is InChI=1S/C17H24ClNO3Si/c1-16(2,11-15(20)21-3)17(12-19,22-23(4,5)6)13-7-9-14(18)10-8-13/h7-10H,11H2,1-6H3. The lowest BCUT2D eigenvalue weighted by atomic mass is 9.69. The minimum Gasteiger partial charge on any atom is -0.469 e. The molecule has 0 saturated heterocycles. The normalized spacial score (nSPS) is 14.7. The molecular weight excluding hydrogens is 330 g/mol. The quantitative estimate of drug-likeness (QED) is 0.558. The number of nitrogens with zero attached hydrogens (tertiary/aromatic N) is 1. The van der Waals surface area contributed by atoms with E-state index in [0.29, 0.717) is 10.6 Å². The third-order valence-electron chi connectivity index (χ3n) is 3.63. The Morgan fingerprint density at radius 1 is 1.26 bits per heavy atom. The maximum Gasteiger partial charge on any atom is 0.306 e. The van der Waals surface area contributed by atoms with Crippen molar-refractivity contribution in [3.8, 4) is 6.07 Å². The Morgan fingerprint density at radius 3 is 2.17 bits per heavy atom. The van der Waals surface area contributed by atoms with Crippen molar-refractivity contribution in [2.75, 3.05) is 7.11 Å². The van der Waals surface area contributed by atoms with Crippen LogP contribution < -0.4 is 0 Å². The summed E-state index contributed by atoms with van der Waals surface area (Å²) in [5.74, 6) is -0.372. The van der Waals surface area contributed by atoms with E-state index in [0.717, 1.165) is 0 Å². The Kier molecular flexibility index (Phi) is 6.03. The number of hydrogen-bond donors (Lipinski definition) is 0. The Balaban J connectivity index is 3.49. The number of ether oxygens (including phenoxy) is 1. The SMILES string of the molecule is COC(=O)CC(C)(C)C(C#N)(O[Si](C)(C)C)c1ccc(Cl)cc1. The molecular formula is C17H24ClNO3Si. The number of nitriles is 1. The number of esters is 1. The Hall–Kier alpha value is -1.35. The first kappa shape index (κ1) is 19.7. The summed E-state index contributed by atoms with van der Waals surface area (Å²) in [6.45, 7) is 9.75. The molecule has 1 atom stereocenters. The molecule has 0 amide bonds. The van der Waals surface area contributed by atoms with Crippen molar-refractivity contribution in [2.45, 2.75) is 45.5 Å². The zero-order valence-corrected chi connectivity index (χ0v) is 16.3. The van der Waals surface area contributed by atoms with Crippen molar-refractivity contribution in [1.82, 2.24) is 0 Å². The Morgan fingerprint density at radius 2 is 1.78 bits per heavy atom. The molecule has 0 bridgehead atoms. The number of hydrogen-bond acceptors (Lipinski definition) is 4. The van der Waals surface area contributed by atoms with E-state index in [4.69, 9.17) is 20.8 Å². The van der Waals surface area contributed by atoms with Gasteiger partial charge in [0, 0.05) is 10.4 Å². The van der Waals surface area contributed by atoms with Crippen LogP contribution in [-0.2, 0) is 19.6 Å². The molecule has 0 aliphatic carbocycles. The second-order valence-electron chi connectivity index (χ2n) is 7.15.